The summed E-state index contributed by atoms with van der Waals surface area (Å²) in [7, 11) is 0. The largest absolute Gasteiger partial charge is 0.369 e. The highest BCUT2D eigenvalue weighted by Gasteiger charge is 2.10. The first kappa shape index (κ1) is 15.5. The third-order valence-corrected chi connectivity index (χ3v) is 4.20. The number of anilines is 2. The lowest BCUT2D eigenvalue weighted by Gasteiger charge is -2.07. The minimum absolute atomic E-state index is 0.0437. The van der Waals surface area contributed by atoms with Gasteiger partial charge in [-0.3, -0.25) is 4.79 Å². The van der Waals surface area contributed by atoms with Gasteiger partial charge in [0.1, 0.15) is 10.6 Å². The number of amides is 1. The zero-order valence-corrected chi connectivity index (χ0v) is 13.2. The van der Waals surface area contributed by atoms with Crippen LogP contribution in [0.5, 0.6) is 0 Å². The van der Waals surface area contributed by atoms with Crippen molar-refractivity contribution < 1.29 is 4.79 Å². The predicted molar refractivity (Wildman–Crippen MR) is 87.6 cm³/mol. The Balaban J connectivity index is 2.04. The Kier molecular flexibility index (Phi) is 5.32. The first-order valence-corrected chi connectivity index (χ1v) is 8.02. The van der Waals surface area contributed by atoms with Crippen LogP contribution in [0.3, 0.4) is 0 Å². The highest BCUT2D eigenvalue weighted by molar-refractivity contribution is 7.18. The zero-order valence-electron chi connectivity index (χ0n) is 12.4. The first-order valence-electron chi connectivity index (χ1n) is 7.20. The minimum atomic E-state index is 0.0437. The molecule has 6 nitrogen and oxygen atoms in total. The van der Waals surface area contributed by atoms with Crippen molar-refractivity contribution in [3.8, 4) is 0 Å². The van der Waals surface area contributed by atoms with E-state index in [1.165, 1.54) is 4.88 Å². The number of nitrogens with one attached hydrogen (secondary N) is 2. The van der Waals surface area contributed by atoms with Crippen molar-refractivity contribution in [3.05, 3.63) is 10.9 Å². The average Bonchev–Trinajstić information content (AvgIpc) is 2.88. The van der Waals surface area contributed by atoms with Gasteiger partial charge in [0.15, 0.2) is 0 Å². The summed E-state index contributed by atoms with van der Waals surface area (Å²) in [6.07, 6.45) is 2.31. The Morgan fingerprint density at radius 2 is 2.14 bits per heavy atom. The summed E-state index contributed by atoms with van der Waals surface area (Å²) in [5.74, 6) is 1.00. The number of aryl methyl sites for hydroxylation is 1. The molecule has 1 amide bonds. The topological polar surface area (TPSA) is 92.9 Å². The van der Waals surface area contributed by atoms with E-state index in [1.807, 2.05) is 6.92 Å². The number of carbonyl (C=O) groups is 1. The molecule has 114 valence electrons. The molecule has 0 aliphatic heterocycles. The van der Waals surface area contributed by atoms with Gasteiger partial charge in [-0.1, -0.05) is 13.8 Å². The number of nitrogens with two attached hydrogens (primary N) is 1. The van der Waals surface area contributed by atoms with E-state index in [2.05, 4.69) is 33.6 Å². The number of nitrogens with zero attached hydrogens (tertiary/aromatic N) is 2. The minimum Gasteiger partial charge on any atom is -0.369 e. The number of thiophene rings is 1. The molecule has 0 aliphatic rings. The van der Waals surface area contributed by atoms with Crippen LogP contribution in [0.15, 0.2) is 6.07 Å². The van der Waals surface area contributed by atoms with Crippen molar-refractivity contribution in [1.29, 1.82) is 0 Å². The standard InChI is InChI=1S/C14H21N5OS/c1-3-6-16-11(20)5-7-17-12-10-8-9(4-2)21-13(10)19-14(15)18-12/h8H,3-7H2,1-2H3,(H,16,20)(H3,15,17,18,19). The molecule has 0 atom stereocenters. The molecular formula is C14H21N5OS. The summed E-state index contributed by atoms with van der Waals surface area (Å²) in [6, 6.07) is 2.08. The van der Waals surface area contributed by atoms with Crippen LogP contribution in [0.4, 0.5) is 11.8 Å². The lowest BCUT2D eigenvalue weighted by Crippen LogP contribution is -2.26. The van der Waals surface area contributed by atoms with Crippen LogP contribution in [-0.2, 0) is 11.2 Å². The second kappa shape index (κ2) is 7.21. The average molecular weight is 307 g/mol. The maximum atomic E-state index is 11.6. The Bertz CT molecular complexity index is 625. The Hall–Kier alpha value is -1.89. The molecule has 0 saturated heterocycles. The highest BCUT2D eigenvalue weighted by Crippen LogP contribution is 2.29. The summed E-state index contributed by atoms with van der Waals surface area (Å²) in [5.41, 5.74) is 5.74. The van der Waals surface area contributed by atoms with Gasteiger partial charge in [0, 0.05) is 24.4 Å². The molecule has 0 unspecified atom stereocenters. The summed E-state index contributed by atoms with van der Waals surface area (Å²) < 4.78 is 0. The number of rotatable bonds is 7. The fourth-order valence-electron chi connectivity index (χ4n) is 1.94. The molecule has 7 heteroatoms. The van der Waals surface area contributed by atoms with Crippen molar-refractivity contribution in [2.24, 2.45) is 0 Å². The van der Waals surface area contributed by atoms with E-state index >= 15 is 0 Å². The van der Waals surface area contributed by atoms with Gasteiger partial charge in [-0.15, -0.1) is 11.3 Å². The zero-order chi connectivity index (χ0) is 15.2. The third-order valence-electron chi connectivity index (χ3n) is 3.03. The number of hydrogen-bond donors (Lipinski definition) is 3. The van der Waals surface area contributed by atoms with Gasteiger partial charge in [0.25, 0.3) is 0 Å². The SMILES string of the molecule is CCCNC(=O)CCNc1nc(N)nc2sc(CC)cc12. The second-order valence-corrected chi connectivity index (χ2v) is 5.86. The number of hydrogen-bond acceptors (Lipinski definition) is 6. The molecule has 2 aromatic heterocycles. The Labute approximate surface area is 128 Å². The van der Waals surface area contributed by atoms with E-state index in [-0.39, 0.29) is 11.9 Å². The van der Waals surface area contributed by atoms with Crippen LogP contribution in [0.25, 0.3) is 10.2 Å². The summed E-state index contributed by atoms with van der Waals surface area (Å²) in [6.45, 7) is 5.37. The van der Waals surface area contributed by atoms with Crippen molar-refractivity contribution in [3.63, 3.8) is 0 Å². The van der Waals surface area contributed by atoms with E-state index in [4.69, 9.17) is 5.73 Å². The molecule has 0 spiro atoms. The molecule has 2 rings (SSSR count). The van der Waals surface area contributed by atoms with E-state index in [0.29, 0.717) is 25.3 Å². The lowest BCUT2D eigenvalue weighted by atomic mass is 10.3. The van der Waals surface area contributed by atoms with Gasteiger partial charge in [-0.2, -0.15) is 4.98 Å². The fraction of sp³-hybridized carbons (Fsp3) is 0.500. The maximum absolute atomic E-state index is 11.6. The Morgan fingerprint density at radius 1 is 1.33 bits per heavy atom. The molecule has 2 heterocycles. The Morgan fingerprint density at radius 3 is 2.86 bits per heavy atom. The summed E-state index contributed by atoms with van der Waals surface area (Å²) >= 11 is 1.63. The quantitative estimate of drug-likeness (QED) is 0.729. The van der Waals surface area contributed by atoms with E-state index in [9.17, 15) is 4.79 Å². The van der Waals surface area contributed by atoms with Gasteiger partial charge in [-0.05, 0) is 18.9 Å². The molecule has 0 radical (unpaired) electrons. The smallest absolute Gasteiger partial charge is 0.223 e. The highest BCUT2D eigenvalue weighted by atomic mass is 32.1. The van der Waals surface area contributed by atoms with Gasteiger partial charge in [0.2, 0.25) is 11.9 Å². The maximum Gasteiger partial charge on any atom is 0.223 e. The van der Waals surface area contributed by atoms with Crippen molar-refractivity contribution in [1.82, 2.24) is 15.3 Å². The number of aromatic nitrogens is 2. The number of nitrogen functional groups attached to an aromatic ring is 1. The van der Waals surface area contributed by atoms with E-state index < -0.39 is 0 Å². The molecule has 0 aromatic carbocycles. The van der Waals surface area contributed by atoms with Gasteiger partial charge >= 0.3 is 0 Å². The molecule has 0 fully saturated rings. The normalized spacial score (nSPS) is 10.8. The molecular weight excluding hydrogens is 286 g/mol. The molecule has 2 aromatic rings. The predicted octanol–water partition coefficient (Wildman–Crippen LogP) is 2.16. The van der Waals surface area contributed by atoms with E-state index in [0.717, 1.165) is 23.1 Å². The summed E-state index contributed by atoms with van der Waals surface area (Å²) in [4.78, 5) is 22.2. The molecule has 0 aliphatic carbocycles. The van der Waals surface area contributed by atoms with Crippen molar-refractivity contribution in [2.45, 2.75) is 33.1 Å². The monoisotopic (exact) mass is 307 g/mol. The number of fused-ring (bicyclic) bond motifs is 1. The van der Waals surface area contributed by atoms with Crippen molar-refractivity contribution >= 4 is 39.2 Å². The van der Waals surface area contributed by atoms with Crippen LogP contribution < -0.4 is 16.4 Å². The molecule has 0 bridgehead atoms. The second-order valence-electron chi connectivity index (χ2n) is 4.74. The van der Waals surface area contributed by atoms with E-state index in [1.54, 1.807) is 11.3 Å². The van der Waals surface area contributed by atoms with Crippen LogP contribution in [0, 0.1) is 0 Å². The molecule has 4 N–H and O–H groups in total. The fourth-order valence-corrected chi connectivity index (χ4v) is 2.92. The number of carbonyl (C=O) groups excluding carboxylic acids is 1. The lowest BCUT2D eigenvalue weighted by molar-refractivity contribution is -0.120. The molecule has 0 saturated carbocycles. The van der Waals surface area contributed by atoms with Crippen LogP contribution >= 0.6 is 11.3 Å². The van der Waals surface area contributed by atoms with Crippen molar-refractivity contribution in [2.75, 3.05) is 24.1 Å². The van der Waals surface area contributed by atoms with Gasteiger partial charge in [-0.25, -0.2) is 4.98 Å². The first-order chi connectivity index (χ1) is 10.1. The van der Waals surface area contributed by atoms with Crippen LogP contribution in [0.1, 0.15) is 31.6 Å². The van der Waals surface area contributed by atoms with Crippen LogP contribution in [-0.4, -0.2) is 29.0 Å². The summed E-state index contributed by atoms with van der Waals surface area (Å²) in [5, 5.41) is 7.01. The third kappa shape index (κ3) is 4.04. The van der Waals surface area contributed by atoms with Gasteiger partial charge in [0.05, 0.1) is 5.39 Å². The van der Waals surface area contributed by atoms with Crippen LogP contribution in [0.2, 0.25) is 0 Å². The molecule has 21 heavy (non-hydrogen) atoms. The van der Waals surface area contributed by atoms with Gasteiger partial charge < -0.3 is 16.4 Å².